The van der Waals surface area contributed by atoms with Crippen LogP contribution in [0.15, 0.2) is 16.8 Å². The number of hydrogen-bond donors (Lipinski definition) is 1. The van der Waals surface area contributed by atoms with E-state index < -0.39 is 0 Å². The molecule has 0 saturated carbocycles. The molecule has 72 valence electrons. The van der Waals surface area contributed by atoms with Gasteiger partial charge < -0.3 is 14.6 Å². The summed E-state index contributed by atoms with van der Waals surface area (Å²) in [4.78, 5) is 11.0. The van der Waals surface area contributed by atoms with Crippen LogP contribution in [0.2, 0.25) is 0 Å². The maximum atomic E-state index is 11.0. The van der Waals surface area contributed by atoms with Crippen molar-refractivity contribution >= 4 is 5.91 Å². The van der Waals surface area contributed by atoms with E-state index in [2.05, 4.69) is 10.5 Å². The minimum atomic E-state index is -0.154. The Morgan fingerprint density at radius 3 is 3.23 bits per heavy atom. The molecule has 5 nitrogen and oxygen atoms in total. The van der Waals surface area contributed by atoms with E-state index >= 15 is 0 Å². The van der Waals surface area contributed by atoms with Gasteiger partial charge >= 0.3 is 0 Å². The van der Waals surface area contributed by atoms with Crippen molar-refractivity contribution in [1.29, 1.82) is 0 Å². The highest BCUT2D eigenvalue weighted by Crippen LogP contribution is 1.94. The monoisotopic (exact) mass is 184 g/mol. The number of ether oxygens (including phenoxy) is 1. The minimum Gasteiger partial charge on any atom is -0.372 e. The average Bonchev–Trinajstić information content (AvgIpc) is 2.64. The Kier molecular flexibility index (Phi) is 3.98. The highest BCUT2D eigenvalue weighted by atomic mass is 16.5. The first-order valence-corrected chi connectivity index (χ1v) is 4.07. The summed E-state index contributed by atoms with van der Waals surface area (Å²) in [5, 5.41) is 6.13. The third-order valence-electron chi connectivity index (χ3n) is 1.39. The fourth-order valence-electron chi connectivity index (χ4n) is 0.765. The zero-order valence-corrected chi connectivity index (χ0v) is 7.45. The number of nitrogens with one attached hydrogen (secondary N) is 1. The van der Waals surface area contributed by atoms with Crippen molar-refractivity contribution in [3.8, 4) is 0 Å². The average molecular weight is 184 g/mol. The van der Waals surface area contributed by atoms with E-state index in [1.54, 1.807) is 6.07 Å². The first-order chi connectivity index (χ1) is 6.33. The fourth-order valence-corrected chi connectivity index (χ4v) is 0.765. The summed E-state index contributed by atoms with van der Waals surface area (Å²) >= 11 is 0. The van der Waals surface area contributed by atoms with Crippen LogP contribution in [0, 0.1) is 0 Å². The molecular weight excluding hydrogens is 172 g/mol. The Bertz CT molecular complexity index is 246. The van der Waals surface area contributed by atoms with Crippen LogP contribution in [0.3, 0.4) is 0 Å². The lowest BCUT2D eigenvalue weighted by Crippen LogP contribution is -2.26. The Morgan fingerprint density at radius 2 is 2.62 bits per heavy atom. The quantitative estimate of drug-likeness (QED) is 0.716. The predicted octanol–water partition coefficient (Wildman–Crippen LogP) is 0.327. The minimum absolute atomic E-state index is 0.0879. The Hall–Kier alpha value is -1.36. The Balaban J connectivity index is 2.15. The van der Waals surface area contributed by atoms with Crippen molar-refractivity contribution in [3.63, 3.8) is 0 Å². The summed E-state index contributed by atoms with van der Waals surface area (Å²) in [6.07, 6.45) is 1.53. The van der Waals surface area contributed by atoms with Crippen LogP contribution in [-0.2, 0) is 16.1 Å². The Labute approximate surface area is 76.0 Å². The van der Waals surface area contributed by atoms with Crippen molar-refractivity contribution in [2.75, 3.05) is 13.2 Å². The van der Waals surface area contributed by atoms with Gasteiger partial charge in [0.1, 0.15) is 6.61 Å². The first-order valence-electron chi connectivity index (χ1n) is 4.07. The highest BCUT2D eigenvalue weighted by Gasteiger charge is 2.01. The molecule has 0 radical (unpaired) electrons. The van der Waals surface area contributed by atoms with Gasteiger partial charge in [-0.3, -0.25) is 4.79 Å². The second kappa shape index (κ2) is 5.31. The third kappa shape index (κ3) is 3.71. The summed E-state index contributed by atoms with van der Waals surface area (Å²) in [6, 6.07) is 1.70. The second-order valence-electron chi connectivity index (χ2n) is 2.39. The fraction of sp³-hybridized carbons (Fsp3) is 0.500. The number of amides is 1. The molecule has 0 aromatic carbocycles. The maximum Gasteiger partial charge on any atom is 0.246 e. The molecule has 0 aliphatic heterocycles. The third-order valence-corrected chi connectivity index (χ3v) is 1.39. The van der Waals surface area contributed by atoms with E-state index in [-0.39, 0.29) is 12.5 Å². The van der Waals surface area contributed by atoms with Gasteiger partial charge in [0.25, 0.3) is 0 Å². The van der Waals surface area contributed by atoms with Crippen molar-refractivity contribution in [2.24, 2.45) is 0 Å². The molecule has 1 heterocycles. The van der Waals surface area contributed by atoms with Crippen LogP contribution in [0.4, 0.5) is 0 Å². The SMILES string of the molecule is CCOCC(=O)NCc1ccno1. The standard InChI is InChI=1S/C8H12N2O3/c1-2-12-6-8(11)9-5-7-3-4-10-13-7/h3-4H,2,5-6H2,1H3,(H,9,11). The molecule has 1 aromatic rings. The van der Waals surface area contributed by atoms with E-state index in [9.17, 15) is 4.79 Å². The summed E-state index contributed by atoms with van der Waals surface area (Å²) in [7, 11) is 0. The summed E-state index contributed by atoms with van der Waals surface area (Å²) < 4.78 is 9.69. The molecule has 1 rings (SSSR count). The van der Waals surface area contributed by atoms with Gasteiger partial charge in [-0.15, -0.1) is 0 Å². The lowest BCUT2D eigenvalue weighted by molar-refractivity contribution is -0.125. The summed E-state index contributed by atoms with van der Waals surface area (Å²) in [5.74, 6) is 0.475. The van der Waals surface area contributed by atoms with Gasteiger partial charge in [-0.25, -0.2) is 0 Å². The predicted molar refractivity (Wildman–Crippen MR) is 44.8 cm³/mol. The lowest BCUT2D eigenvalue weighted by atomic mass is 10.4. The highest BCUT2D eigenvalue weighted by molar-refractivity contribution is 5.77. The van der Waals surface area contributed by atoms with Gasteiger partial charge in [-0.2, -0.15) is 0 Å². The van der Waals surface area contributed by atoms with Crippen LogP contribution in [-0.4, -0.2) is 24.3 Å². The molecule has 1 N–H and O–H groups in total. The van der Waals surface area contributed by atoms with Crippen molar-refractivity contribution in [3.05, 3.63) is 18.0 Å². The summed E-state index contributed by atoms with van der Waals surface area (Å²) in [6.45, 7) is 2.82. The van der Waals surface area contributed by atoms with Crippen LogP contribution < -0.4 is 5.32 Å². The number of hydrogen-bond acceptors (Lipinski definition) is 4. The zero-order chi connectivity index (χ0) is 9.52. The van der Waals surface area contributed by atoms with Gasteiger partial charge in [0.05, 0.1) is 12.7 Å². The maximum absolute atomic E-state index is 11.0. The molecule has 13 heavy (non-hydrogen) atoms. The Morgan fingerprint density at radius 1 is 1.77 bits per heavy atom. The molecule has 0 saturated heterocycles. The van der Waals surface area contributed by atoms with Gasteiger partial charge in [0.15, 0.2) is 5.76 Å². The van der Waals surface area contributed by atoms with Crippen LogP contribution >= 0.6 is 0 Å². The number of carbonyl (C=O) groups excluding carboxylic acids is 1. The molecule has 0 aliphatic carbocycles. The van der Waals surface area contributed by atoms with Gasteiger partial charge in [-0.1, -0.05) is 5.16 Å². The number of aromatic nitrogens is 1. The van der Waals surface area contributed by atoms with Crippen molar-refractivity contribution in [2.45, 2.75) is 13.5 Å². The van der Waals surface area contributed by atoms with Gasteiger partial charge in [0, 0.05) is 12.7 Å². The van der Waals surface area contributed by atoms with Crippen LogP contribution in [0.5, 0.6) is 0 Å². The number of rotatable bonds is 5. The molecule has 0 aliphatic rings. The summed E-state index contributed by atoms with van der Waals surface area (Å²) in [5.41, 5.74) is 0. The molecule has 0 spiro atoms. The number of carbonyl (C=O) groups is 1. The largest absolute Gasteiger partial charge is 0.372 e. The van der Waals surface area contributed by atoms with E-state index in [1.165, 1.54) is 6.20 Å². The van der Waals surface area contributed by atoms with Crippen LogP contribution in [0.1, 0.15) is 12.7 Å². The molecular formula is C8H12N2O3. The van der Waals surface area contributed by atoms with Crippen molar-refractivity contribution in [1.82, 2.24) is 10.5 Å². The molecule has 1 amide bonds. The smallest absolute Gasteiger partial charge is 0.246 e. The lowest BCUT2D eigenvalue weighted by Gasteiger charge is -2.01. The molecule has 0 fully saturated rings. The topological polar surface area (TPSA) is 64.4 Å². The van der Waals surface area contributed by atoms with E-state index in [1.807, 2.05) is 6.92 Å². The number of nitrogens with zero attached hydrogens (tertiary/aromatic N) is 1. The van der Waals surface area contributed by atoms with Gasteiger partial charge in [-0.05, 0) is 6.92 Å². The molecule has 5 heteroatoms. The van der Waals surface area contributed by atoms with Gasteiger partial charge in [0.2, 0.25) is 5.91 Å². The zero-order valence-electron chi connectivity index (χ0n) is 7.45. The molecule has 1 aromatic heterocycles. The normalized spacial score (nSPS) is 9.92. The van der Waals surface area contributed by atoms with Crippen LogP contribution in [0.25, 0.3) is 0 Å². The second-order valence-corrected chi connectivity index (χ2v) is 2.39. The molecule has 0 unspecified atom stereocenters. The first kappa shape index (κ1) is 9.73. The molecule has 0 bridgehead atoms. The van der Waals surface area contributed by atoms with E-state index in [0.29, 0.717) is 18.9 Å². The van der Waals surface area contributed by atoms with Crippen molar-refractivity contribution < 1.29 is 14.1 Å². The molecule has 0 atom stereocenters. The van der Waals surface area contributed by atoms with E-state index in [0.717, 1.165) is 0 Å². The van der Waals surface area contributed by atoms with E-state index in [4.69, 9.17) is 9.26 Å².